The minimum Gasteiger partial charge on any atom is -0.324 e. The zero-order valence-corrected chi connectivity index (χ0v) is 12.7. The third kappa shape index (κ3) is 3.86. The number of hydrogen-bond donors (Lipinski definition) is 1. The van der Waals surface area contributed by atoms with Crippen LogP contribution >= 0.6 is 10.7 Å². The molecule has 0 bridgehead atoms. The number of piperidine rings is 1. The van der Waals surface area contributed by atoms with Gasteiger partial charge < -0.3 is 10.2 Å². The first-order chi connectivity index (χ1) is 9.36. The van der Waals surface area contributed by atoms with Crippen LogP contribution in [0.25, 0.3) is 0 Å². The molecule has 5 nitrogen and oxygen atoms in total. The number of carbonyl (C=O) groups is 1. The van der Waals surface area contributed by atoms with Crippen LogP contribution in [0.2, 0.25) is 0 Å². The highest BCUT2D eigenvalue weighted by Crippen LogP contribution is 2.19. The number of rotatable bonds is 2. The van der Waals surface area contributed by atoms with Crippen molar-refractivity contribution >= 4 is 31.5 Å². The molecule has 1 aliphatic heterocycles. The van der Waals surface area contributed by atoms with E-state index in [9.17, 15) is 13.2 Å². The summed E-state index contributed by atoms with van der Waals surface area (Å²) < 4.78 is 22.2. The second-order valence-corrected chi connectivity index (χ2v) is 7.65. The number of benzene rings is 1. The maximum Gasteiger partial charge on any atom is 0.321 e. The lowest BCUT2D eigenvalue weighted by Gasteiger charge is -2.30. The van der Waals surface area contributed by atoms with Crippen LogP contribution in [0.5, 0.6) is 0 Å². The summed E-state index contributed by atoms with van der Waals surface area (Å²) in [6, 6.07) is 5.65. The van der Waals surface area contributed by atoms with Gasteiger partial charge in [0.15, 0.2) is 0 Å². The van der Waals surface area contributed by atoms with Gasteiger partial charge in [0.1, 0.15) is 0 Å². The van der Waals surface area contributed by atoms with E-state index in [0.29, 0.717) is 11.6 Å². The highest BCUT2D eigenvalue weighted by molar-refractivity contribution is 8.13. The average Bonchev–Trinajstić information content (AvgIpc) is 2.38. The van der Waals surface area contributed by atoms with Crippen molar-refractivity contribution in [1.29, 1.82) is 0 Å². The predicted octanol–water partition coefficient (Wildman–Crippen LogP) is 2.88. The zero-order chi connectivity index (χ0) is 14.8. The Hall–Kier alpha value is -1.27. The second kappa shape index (κ2) is 6.01. The third-order valence-electron chi connectivity index (χ3n) is 3.33. The monoisotopic (exact) mass is 316 g/mol. The van der Waals surface area contributed by atoms with Crippen LogP contribution in [0.1, 0.15) is 19.8 Å². The maximum atomic E-state index is 12.1. The normalized spacial score (nSPS) is 19.7. The minimum absolute atomic E-state index is 0.0174. The lowest BCUT2D eigenvalue weighted by molar-refractivity contribution is 0.182. The van der Waals surface area contributed by atoms with E-state index >= 15 is 0 Å². The van der Waals surface area contributed by atoms with Crippen molar-refractivity contribution in [3.63, 3.8) is 0 Å². The average molecular weight is 317 g/mol. The van der Waals surface area contributed by atoms with Crippen LogP contribution in [-0.4, -0.2) is 32.4 Å². The number of urea groups is 1. The topological polar surface area (TPSA) is 66.5 Å². The Morgan fingerprint density at radius 1 is 1.35 bits per heavy atom. The van der Waals surface area contributed by atoms with E-state index in [0.717, 1.165) is 25.9 Å². The molecule has 0 aromatic heterocycles. The Balaban J connectivity index is 2.01. The molecule has 1 saturated heterocycles. The molecule has 2 rings (SSSR count). The molecule has 1 N–H and O–H groups in total. The highest BCUT2D eigenvalue weighted by Gasteiger charge is 2.20. The number of nitrogens with one attached hydrogen (secondary N) is 1. The molecule has 0 saturated carbocycles. The fraction of sp³-hybridized carbons (Fsp3) is 0.462. The number of likely N-dealkylation sites (tertiary alicyclic amines) is 1. The Morgan fingerprint density at radius 2 is 2.00 bits per heavy atom. The van der Waals surface area contributed by atoms with Gasteiger partial charge in [-0.15, -0.1) is 0 Å². The molecule has 0 aliphatic carbocycles. The molecule has 7 heteroatoms. The molecule has 1 heterocycles. The van der Waals surface area contributed by atoms with Gasteiger partial charge in [0, 0.05) is 29.5 Å². The molecule has 1 aliphatic rings. The number of halogens is 1. The SMILES string of the molecule is C[C@@H]1CCCN(C(=O)Nc2ccc(S(=O)(=O)Cl)cc2)C1. The van der Waals surface area contributed by atoms with Crippen LogP contribution in [0, 0.1) is 5.92 Å². The van der Waals surface area contributed by atoms with Gasteiger partial charge in [-0.2, -0.15) is 0 Å². The minimum atomic E-state index is -3.73. The first kappa shape index (κ1) is 15.1. The number of nitrogens with zero attached hydrogens (tertiary/aromatic N) is 1. The van der Waals surface area contributed by atoms with Gasteiger partial charge >= 0.3 is 6.03 Å². The van der Waals surface area contributed by atoms with E-state index in [1.54, 1.807) is 4.90 Å². The van der Waals surface area contributed by atoms with Gasteiger partial charge in [0.25, 0.3) is 9.05 Å². The molecule has 0 unspecified atom stereocenters. The molecular formula is C13H17ClN2O3S. The fourth-order valence-corrected chi connectivity index (χ4v) is 3.05. The number of carbonyl (C=O) groups excluding carboxylic acids is 1. The van der Waals surface area contributed by atoms with Gasteiger partial charge in [-0.25, -0.2) is 13.2 Å². The molecule has 20 heavy (non-hydrogen) atoms. The summed E-state index contributed by atoms with van der Waals surface area (Å²) in [5.74, 6) is 0.512. The summed E-state index contributed by atoms with van der Waals surface area (Å²) in [7, 11) is 1.50. The Bertz CT molecular complexity index is 586. The van der Waals surface area contributed by atoms with Crippen LogP contribution in [0.3, 0.4) is 0 Å². The van der Waals surface area contributed by atoms with Crippen molar-refractivity contribution in [2.75, 3.05) is 18.4 Å². The molecule has 2 amide bonds. The van der Waals surface area contributed by atoms with E-state index < -0.39 is 9.05 Å². The Kier molecular flexibility index (Phi) is 4.55. The van der Waals surface area contributed by atoms with Gasteiger partial charge in [-0.3, -0.25) is 0 Å². The summed E-state index contributed by atoms with van der Waals surface area (Å²) in [6.45, 7) is 3.63. The molecule has 110 valence electrons. The maximum absolute atomic E-state index is 12.1. The predicted molar refractivity (Wildman–Crippen MR) is 78.5 cm³/mol. The van der Waals surface area contributed by atoms with E-state index in [4.69, 9.17) is 10.7 Å². The fourth-order valence-electron chi connectivity index (χ4n) is 2.28. The first-order valence-electron chi connectivity index (χ1n) is 6.47. The third-order valence-corrected chi connectivity index (χ3v) is 4.70. The molecule has 1 atom stereocenters. The number of hydrogen-bond acceptors (Lipinski definition) is 3. The van der Waals surface area contributed by atoms with E-state index in [1.807, 2.05) is 0 Å². The van der Waals surface area contributed by atoms with Crippen molar-refractivity contribution in [2.45, 2.75) is 24.7 Å². The number of anilines is 1. The van der Waals surface area contributed by atoms with Crippen LogP contribution in [0.15, 0.2) is 29.2 Å². The van der Waals surface area contributed by atoms with Crippen LogP contribution in [0.4, 0.5) is 10.5 Å². The summed E-state index contributed by atoms with van der Waals surface area (Å²) in [4.78, 5) is 13.9. The Morgan fingerprint density at radius 3 is 2.55 bits per heavy atom. The van der Waals surface area contributed by atoms with Crippen molar-refractivity contribution in [3.8, 4) is 0 Å². The van der Waals surface area contributed by atoms with Crippen molar-refractivity contribution in [2.24, 2.45) is 5.92 Å². The molecule has 0 spiro atoms. The number of amides is 2. The molecule has 1 aromatic rings. The van der Waals surface area contributed by atoms with Gasteiger partial charge in [-0.1, -0.05) is 6.92 Å². The molecular weight excluding hydrogens is 300 g/mol. The molecule has 0 radical (unpaired) electrons. The lowest BCUT2D eigenvalue weighted by Crippen LogP contribution is -2.41. The van der Waals surface area contributed by atoms with E-state index in [1.165, 1.54) is 24.3 Å². The van der Waals surface area contributed by atoms with E-state index in [2.05, 4.69) is 12.2 Å². The summed E-state index contributed by atoms with van der Waals surface area (Å²) in [6.07, 6.45) is 2.16. The Labute approximate surface area is 123 Å². The molecule has 1 fully saturated rings. The molecule has 1 aromatic carbocycles. The van der Waals surface area contributed by atoms with Crippen molar-refractivity contribution < 1.29 is 13.2 Å². The summed E-state index contributed by atoms with van der Waals surface area (Å²) in [5, 5.41) is 2.76. The smallest absolute Gasteiger partial charge is 0.321 e. The quantitative estimate of drug-likeness (QED) is 0.853. The largest absolute Gasteiger partial charge is 0.324 e. The van der Waals surface area contributed by atoms with Gasteiger partial charge in [-0.05, 0) is 43.0 Å². The summed E-state index contributed by atoms with van der Waals surface area (Å²) in [5.41, 5.74) is 0.553. The highest BCUT2D eigenvalue weighted by atomic mass is 35.7. The lowest BCUT2D eigenvalue weighted by atomic mass is 10.0. The van der Waals surface area contributed by atoms with Crippen molar-refractivity contribution in [1.82, 2.24) is 4.90 Å². The first-order valence-corrected chi connectivity index (χ1v) is 8.78. The van der Waals surface area contributed by atoms with E-state index in [-0.39, 0.29) is 10.9 Å². The van der Waals surface area contributed by atoms with Crippen LogP contribution in [-0.2, 0) is 9.05 Å². The van der Waals surface area contributed by atoms with Gasteiger partial charge in [0.05, 0.1) is 4.90 Å². The summed E-state index contributed by atoms with van der Waals surface area (Å²) >= 11 is 0. The van der Waals surface area contributed by atoms with Crippen molar-refractivity contribution in [3.05, 3.63) is 24.3 Å². The van der Waals surface area contributed by atoms with Gasteiger partial charge in [0.2, 0.25) is 0 Å². The zero-order valence-electron chi connectivity index (χ0n) is 11.2. The van der Waals surface area contributed by atoms with Crippen LogP contribution < -0.4 is 5.32 Å². The second-order valence-electron chi connectivity index (χ2n) is 5.09. The standard InChI is InChI=1S/C13H17ClN2O3S/c1-10-3-2-8-16(9-10)13(17)15-11-4-6-12(7-5-11)20(14,18)19/h4-7,10H,2-3,8-9H2,1H3,(H,15,17)/t10-/m1/s1.